The van der Waals surface area contributed by atoms with Gasteiger partial charge in [-0.3, -0.25) is 4.90 Å². The number of hydrogen-bond donors (Lipinski definition) is 0. The van der Waals surface area contributed by atoms with Gasteiger partial charge in [-0.15, -0.1) is 0 Å². The second kappa shape index (κ2) is 9.84. The summed E-state index contributed by atoms with van der Waals surface area (Å²) in [6.45, 7) is 9.45. The zero-order valence-corrected chi connectivity index (χ0v) is 19.9. The van der Waals surface area contributed by atoms with Crippen LogP contribution in [0.25, 0.3) is 22.2 Å². The third kappa shape index (κ3) is 4.84. The van der Waals surface area contributed by atoms with E-state index >= 15 is 0 Å². The fraction of sp³-hybridized carbons (Fsp3) is 0.333. The van der Waals surface area contributed by atoms with Crippen molar-refractivity contribution in [2.75, 3.05) is 26.2 Å². The highest BCUT2D eigenvalue weighted by Gasteiger charge is 2.16. The van der Waals surface area contributed by atoms with Crippen LogP contribution in [0.15, 0.2) is 72.8 Å². The van der Waals surface area contributed by atoms with E-state index in [4.69, 9.17) is 4.74 Å². The normalized spacial score (nSPS) is 14.6. The number of nitrogens with zero attached hydrogens (tertiary/aromatic N) is 2. The molecule has 0 atom stereocenters. The number of fused-ring (bicyclic) bond motifs is 1. The Hall–Kier alpha value is -3.04. The summed E-state index contributed by atoms with van der Waals surface area (Å²) in [5, 5.41) is 1.32. The van der Waals surface area contributed by atoms with Crippen molar-refractivity contribution < 1.29 is 4.74 Å². The van der Waals surface area contributed by atoms with Crippen LogP contribution in [0.3, 0.4) is 0 Å². The number of rotatable bonds is 7. The van der Waals surface area contributed by atoms with E-state index in [-0.39, 0.29) is 0 Å². The fourth-order valence-electron chi connectivity index (χ4n) is 5.07. The third-order valence-corrected chi connectivity index (χ3v) is 6.94. The van der Waals surface area contributed by atoms with Gasteiger partial charge in [0.15, 0.2) is 0 Å². The van der Waals surface area contributed by atoms with Gasteiger partial charge in [-0.2, -0.15) is 0 Å². The first-order valence-electron chi connectivity index (χ1n) is 12.3. The van der Waals surface area contributed by atoms with Crippen LogP contribution in [-0.4, -0.2) is 35.7 Å². The minimum absolute atomic E-state index is 0.762. The molecule has 4 aromatic rings. The molecule has 1 aliphatic heterocycles. The molecule has 0 aliphatic carbocycles. The summed E-state index contributed by atoms with van der Waals surface area (Å²) in [5.74, 6) is 0.961. The molecule has 0 radical (unpaired) electrons. The molecule has 0 unspecified atom stereocenters. The Balaban J connectivity index is 1.35. The Morgan fingerprint density at radius 3 is 2.27 bits per heavy atom. The maximum Gasteiger partial charge on any atom is 0.119 e. The monoisotopic (exact) mass is 438 g/mol. The lowest BCUT2D eigenvalue weighted by molar-refractivity contribution is 0.183. The Morgan fingerprint density at radius 1 is 0.788 bits per heavy atom. The minimum Gasteiger partial charge on any atom is -0.492 e. The predicted molar refractivity (Wildman–Crippen MR) is 138 cm³/mol. The van der Waals surface area contributed by atoms with Crippen molar-refractivity contribution in [2.24, 2.45) is 0 Å². The highest BCUT2D eigenvalue weighted by molar-refractivity contribution is 5.91. The van der Waals surface area contributed by atoms with E-state index in [1.54, 1.807) is 0 Å². The van der Waals surface area contributed by atoms with Gasteiger partial charge in [0.1, 0.15) is 12.4 Å². The molecule has 3 heteroatoms. The van der Waals surface area contributed by atoms with E-state index in [2.05, 4.69) is 96.1 Å². The zero-order valence-electron chi connectivity index (χ0n) is 19.9. The van der Waals surface area contributed by atoms with Gasteiger partial charge in [0.05, 0.1) is 5.69 Å². The van der Waals surface area contributed by atoms with Crippen molar-refractivity contribution in [1.29, 1.82) is 0 Å². The summed E-state index contributed by atoms with van der Waals surface area (Å²) >= 11 is 0. The van der Waals surface area contributed by atoms with Crippen LogP contribution >= 0.6 is 0 Å². The molecular formula is C30H34N2O. The molecule has 0 bridgehead atoms. The van der Waals surface area contributed by atoms with Crippen LogP contribution in [0.2, 0.25) is 0 Å². The van der Waals surface area contributed by atoms with Gasteiger partial charge in [-0.05, 0) is 74.7 Å². The summed E-state index contributed by atoms with van der Waals surface area (Å²) < 4.78 is 8.50. The number of hydrogen-bond acceptors (Lipinski definition) is 2. The summed E-state index contributed by atoms with van der Waals surface area (Å²) in [6.07, 6.45) is 4.03. The first-order chi connectivity index (χ1) is 16.2. The van der Waals surface area contributed by atoms with Gasteiger partial charge < -0.3 is 9.30 Å². The van der Waals surface area contributed by atoms with Gasteiger partial charge in [-0.1, -0.05) is 66.6 Å². The van der Waals surface area contributed by atoms with E-state index in [0.29, 0.717) is 0 Å². The SMILES string of the molecule is Cc1ccc(-c2c(C)c3ccccc3n2Cc2ccc(OCCN3CCCCC3)cc2)cc1. The number of benzene rings is 3. The zero-order chi connectivity index (χ0) is 22.6. The summed E-state index contributed by atoms with van der Waals surface area (Å²) in [5.41, 5.74) is 7.77. The maximum atomic E-state index is 6.04. The molecule has 1 fully saturated rings. The van der Waals surface area contributed by atoms with Gasteiger partial charge >= 0.3 is 0 Å². The van der Waals surface area contributed by atoms with Crippen molar-refractivity contribution in [3.8, 4) is 17.0 Å². The van der Waals surface area contributed by atoms with Crippen LogP contribution in [0, 0.1) is 13.8 Å². The summed E-state index contributed by atoms with van der Waals surface area (Å²) in [7, 11) is 0. The van der Waals surface area contributed by atoms with Crippen LogP contribution in [0.4, 0.5) is 0 Å². The van der Waals surface area contributed by atoms with E-state index < -0.39 is 0 Å². The molecule has 170 valence electrons. The highest BCUT2D eigenvalue weighted by Crippen LogP contribution is 2.34. The van der Waals surface area contributed by atoms with Gasteiger partial charge in [0.2, 0.25) is 0 Å². The highest BCUT2D eigenvalue weighted by atomic mass is 16.5. The molecule has 5 rings (SSSR count). The van der Waals surface area contributed by atoms with E-state index in [1.807, 2.05) is 0 Å². The molecule has 1 aromatic heterocycles. The average Bonchev–Trinajstić information content (AvgIpc) is 3.13. The topological polar surface area (TPSA) is 17.4 Å². The quantitative estimate of drug-likeness (QED) is 0.314. The minimum atomic E-state index is 0.762. The smallest absolute Gasteiger partial charge is 0.119 e. The van der Waals surface area contributed by atoms with Crippen LogP contribution < -0.4 is 4.74 Å². The molecule has 3 aromatic carbocycles. The number of likely N-dealkylation sites (tertiary alicyclic amines) is 1. The molecule has 0 saturated carbocycles. The van der Waals surface area contributed by atoms with Gasteiger partial charge in [0.25, 0.3) is 0 Å². The number of ether oxygens (including phenoxy) is 1. The fourth-order valence-corrected chi connectivity index (χ4v) is 5.07. The van der Waals surface area contributed by atoms with Crippen LogP contribution in [-0.2, 0) is 6.54 Å². The van der Waals surface area contributed by atoms with E-state index in [1.165, 1.54) is 71.2 Å². The Kier molecular flexibility index (Phi) is 6.50. The van der Waals surface area contributed by atoms with Crippen molar-refractivity contribution in [2.45, 2.75) is 39.7 Å². The second-order valence-corrected chi connectivity index (χ2v) is 9.34. The molecule has 33 heavy (non-hydrogen) atoms. The van der Waals surface area contributed by atoms with Crippen molar-refractivity contribution in [3.63, 3.8) is 0 Å². The Morgan fingerprint density at radius 2 is 1.52 bits per heavy atom. The van der Waals surface area contributed by atoms with Crippen molar-refractivity contribution in [1.82, 2.24) is 9.47 Å². The van der Waals surface area contributed by atoms with Crippen LogP contribution in [0.5, 0.6) is 5.75 Å². The third-order valence-electron chi connectivity index (χ3n) is 6.94. The standard InChI is InChI=1S/C30H34N2O/c1-23-10-14-26(15-11-23)30-24(2)28-8-4-5-9-29(28)32(30)22-25-12-16-27(17-13-25)33-21-20-31-18-6-3-7-19-31/h4-5,8-17H,3,6-7,18-22H2,1-2H3. The van der Waals surface area contributed by atoms with Gasteiger partial charge in [-0.25, -0.2) is 0 Å². The Labute approximate surface area is 197 Å². The molecular weight excluding hydrogens is 404 g/mol. The van der Waals surface area contributed by atoms with Gasteiger partial charge in [0, 0.05) is 24.0 Å². The molecule has 0 N–H and O–H groups in total. The molecule has 0 spiro atoms. The summed E-state index contributed by atoms with van der Waals surface area (Å²) in [6, 6.07) is 26.3. The lowest BCUT2D eigenvalue weighted by Gasteiger charge is -2.26. The number of piperidine rings is 1. The number of aromatic nitrogens is 1. The molecule has 3 nitrogen and oxygen atoms in total. The maximum absolute atomic E-state index is 6.04. The molecule has 1 aliphatic rings. The lowest BCUT2D eigenvalue weighted by Crippen LogP contribution is -2.33. The van der Waals surface area contributed by atoms with Crippen molar-refractivity contribution in [3.05, 3.63) is 89.5 Å². The average molecular weight is 439 g/mol. The first-order valence-corrected chi connectivity index (χ1v) is 12.3. The molecule has 2 heterocycles. The first kappa shape index (κ1) is 21.8. The van der Waals surface area contributed by atoms with E-state index in [0.717, 1.165) is 25.4 Å². The lowest BCUT2D eigenvalue weighted by atomic mass is 10.0. The second-order valence-electron chi connectivity index (χ2n) is 9.34. The number of aryl methyl sites for hydroxylation is 2. The number of para-hydroxylation sites is 1. The Bertz CT molecular complexity index is 1200. The molecule has 1 saturated heterocycles. The summed E-state index contributed by atoms with van der Waals surface area (Å²) in [4.78, 5) is 2.52. The predicted octanol–water partition coefficient (Wildman–Crippen LogP) is 6.84. The van der Waals surface area contributed by atoms with Crippen molar-refractivity contribution >= 4 is 10.9 Å². The van der Waals surface area contributed by atoms with E-state index in [9.17, 15) is 0 Å². The van der Waals surface area contributed by atoms with Crippen LogP contribution in [0.1, 0.15) is 36.0 Å². The molecule has 0 amide bonds. The largest absolute Gasteiger partial charge is 0.492 e.